The minimum atomic E-state index is -0.243. The van der Waals surface area contributed by atoms with E-state index in [4.69, 9.17) is 0 Å². The predicted octanol–water partition coefficient (Wildman–Crippen LogP) is 2.39. The van der Waals surface area contributed by atoms with Gasteiger partial charge in [-0.3, -0.25) is 20.2 Å². The maximum Gasteiger partial charge on any atom is 0.250 e. The van der Waals surface area contributed by atoms with Gasteiger partial charge in [-0.2, -0.15) is 4.98 Å². The Morgan fingerprint density at radius 2 is 1.81 bits per heavy atom. The van der Waals surface area contributed by atoms with Crippen LogP contribution in [0.3, 0.4) is 0 Å². The highest BCUT2D eigenvalue weighted by Gasteiger charge is 2.29. The maximum atomic E-state index is 12.2. The van der Waals surface area contributed by atoms with Crippen molar-refractivity contribution < 1.29 is 9.59 Å². The van der Waals surface area contributed by atoms with Crippen molar-refractivity contribution in [2.24, 2.45) is 0 Å². The van der Waals surface area contributed by atoms with Crippen LogP contribution in [0.25, 0.3) is 0 Å². The zero-order valence-electron chi connectivity index (χ0n) is 13.9. The number of fused-ring (bicyclic) bond motifs is 1. The molecule has 1 aliphatic heterocycles. The van der Waals surface area contributed by atoms with E-state index in [0.29, 0.717) is 5.95 Å². The summed E-state index contributed by atoms with van der Waals surface area (Å²) in [6.07, 6.45) is 0.511. The lowest BCUT2D eigenvalue weighted by Gasteiger charge is -2.23. The number of carbonyl (C=O) groups excluding carboxylic acids is 2. The summed E-state index contributed by atoms with van der Waals surface area (Å²) < 4.78 is 1.65. The van der Waals surface area contributed by atoms with Crippen LogP contribution in [-0.4, -0.2) is 26.6 Å². The molecule has 7 nitrogen and oxygen atoms in total. The van der Waals surface area contributed by atoms with E-state index in [1.807, 2.05) is 60.7 Å². The van der Waals surface area contributed by atoms with E-state index in [9.17, 15) is 9.59 Å². The van der Waals surface area contributed by atoms with Crippen LogP contribution >= 0.6 is 0 Å². The van der Waals surface area contributed by atoms with E-state index in [-0.39, 0.29) is 36.6 Å². The van der Waals surface area contributed by atoms with Crippen molar-refractivity contribution in [3.63, 3.8) is 0 Å². The lowest BCUT2D eigenvalue weighted by atomic mass is 10.0. The molecule has 3 aromatic rings. The molecule has 1 atom stereocenters. The average molecular weight is 347 g/mol. The van der Waals surface area contributed by atoms with Crippen molar-refractivity contribution in [1.29, 1.82) is 0 Å². The van der Waals surface area contributed by atoms with E-state index in [1.54, 1.807) is 4.68 Å². The van der Waals surface area contributed by atoms with Crippen LogP contribution in [0.5, 0.6) is 0 Å². The van der Waals surface area contributed by atoms with Gasteiger partial charge in [0.15, 0.2) is 0 Å². The molecule has 0 saturated carbocycles. The summed E-state index contributed by atoms with van der Waals surface area (Å²) in [4.78, 5) is 28.5. The highest BCUT2D eigenvalue weighted by atomic mass is 16.2. The minimum absolute atomic E-state index is 0.124. The standard InChI is InChI=1S/C19H17N5O2/c25-16(11-13-7-3-1-4-8-13)20-18-22-19-21-17(26)12-15(24(19)23-18)14-9-5-2-6-10-14/h1-10,15H,11-12H2,(H2,20,21,22,23,25,26)/t15-/m1/s1. The molecule has 26 heavy (non-hydrogen) atoms. The molecule has 1 aliphatic rings. The molecule has 0 spiro atoms. The number of hydrogen-bond acceptors (Lipinski definition) is 4. The van der Waals surface area contributed by atoms with Gasteiger partial charge in [-0.15, -0.1) is 5.10 Å². The van der Waals surface area contributed by atoms with Gasteiger partial charge in [-0.25, -0.2) is 4.68 Å². The van der Waals surface area contributed by atoms with E-state index < -0.39 is 0 Å². The summed E-state index contributed by atoms with van der Waals surface area (Å²) in [6, 6.07) is 18.8. The molecule has 2 heterocycles. The second-order valence-corrected chi connectivity index (χ2v) is 6.09. The Hall–Kier alpha value is -3.48. The van der Waals surface area contributed by atoms with Crippen molar-refractivity contribution in [1.82, 2.24) is 14.8 Å². The van der Waals surface area contributed by atoms with Crippen LogP contribution in [0.4, 0.5) is 11.9 Å². The Balaban J connectivity index is 1.55. The molecule has 1 aromatic heterocycles. The Morgan fingerprint density at radius 3 is 2.54 bits per heavy atom. The first-order chi connectivity index (χ1) is 12.7. The van der Waals surface area contributed by atoms with Crippen molar-refractivity contribution >= 4 is 23.7 Å². The number of anilines is 2. The van der Waals surface area contributed by atoms with Gasteiger partial charge in [0.1, 0.15) is 0 Å². The molecular weight excluding hydrogens is 330 g/mol. The Bertz CT molecular complexity index is 937. The third-order valence-corrected chi connectivity index (χ3v) is 4.20. The molecule has 0 bridgehead atoms. The van der Waals surface area contributed by atoms with Crippen LogP contribution in [0, 0.1) is 0 Å². The van der Waals surface area contributed by atoms with E-state index in [2.05, 4.69) is 20.7 Å². The maximum absolute atomic E-state index is 12.2. The lowest BCUT2D eigenvalue weighted by Crippen LogP contribution is -2.29. The number of nitrogens with one attached hydrogen (secondary N) is 2. The predicted molar refractivity (Wildman–Crippen MR) is 96.6 cm³/mol. The molecule has 0 unspecified atom stereocenters. The second-order valence-electron chi connectivity index (χ2n) is 6.09. The molecule has 0 aliphatic carbocycles. The Labute approximate surface area is 150 Å². The zero-order valence-corrected chi connectivity index (χ0v) is 13.9. The first-order valence-electron chi connectivity index (χ1n) is 8.34. The fourth-order valence-corrected chi connectivity index (χ4v) is 3.00. The van der Waals surface area contributed by atoms with Crippen LogP contribution < -0.4 is 10.6 Å². The summed E-state index contributed by atoms with van der Waals surface area (Å²) in [6.45, 7) is 0. The molecule has 2 aromatic carbocycles. The second kappa shape index (κ2) is 6.79. The molecular formula is C19H17N5O2. The molecule has 2 N–H and O–H groups in total. The van der Waals surface area contributed by atoms with Gasteiger partial charge in [0.05, 0.1) is 18.9 Å². The third kappa shape index (κ3) is 3.32. The number of aromatic nitrogens is 3. The van der Waals surface area contributed by atoms with Gasteiger partial charge in [0.25, 0.3) is 5.95 Å². The summed E-state index contributed by atoms with van der Waals surface area (Å²) in [5.74, 6) is 0.192. The average Bonchev–Trinajstić information content (AvgIpc) is 3.04. The van der Waals surface area contributed by atoms with Crippen LogP contribution in [0.2, 0.25) is 0 Å². The van der Waals surface area contributed by atoms with Crippen molar-refractivity contribution in [3.8, 4) is 0 Å². The smallest absolute Gasteiger partial charge is 0.250 e. The topological polar surface area (TPSA) is 88.9 Å². The molecule has 4 rings (SSSR count). The summed E-state index contributed by atoms with van der Waals surface area (Å²) in [7, 11) is 0. The van der Waals surface area contributed by atoms with Crippen LogP contribution in [0.1, 0.15) is 23.6 Å². The normalized spacial score (nSPS) is 15.8. The number of benzene rings is 2. The van der Waals surface area contributed by atoms with Gasteiger partial charge < -0.3 is 0 Å². The van der Waals surface area contributed by atoms with Gasteiger partial charge in [-0.05, 0) is 11.1 Å². The highest BCUT2D eigenvalue weighted by molar-refractivity contribution is 5.93. The first-order valence-corrected chi connectivity index (χ1v) is 8.34. The van der Waals surface area contributed by atoms with E-state index >= 15 is 0 Å². The molecule has 7 heteroatoms. The minimum Gasteiger partial charge on any atom is -0.295 e. The highest BCUT2D eigenvalue weighted by Crippen LogP contribution is 2.29. The fraction of sp³-hybridized carbons (Fsp3) is 0.158. The summed E-state index contributed by atoms with van der Waals surface area (Å²) >= 11 is 0. The number of amides is 2. The number of rotatable bonds is 4. The molecule has 2 amide bonds. The third-order valence-electron chi connectivity index (χ3n) is 4.20. The fourth-order valence-electron chi connectivity index (χ4n) is 3.00. The first kappa shape index (κ1) is 16.0. The zero-order chi connectivity index (χ0) is 17.9. The number of hydrogen-bond donors (Lipinski definition) is 2. The van der Waals surface area contributed by atoms with Gasteiger partial charge in [0, 0.05) is 0 Å². The Kier molecular flexibility index (Phi) is 4.18. The number of carbonyl (C=O) groups is 2. The van der Waals surface area contributed by atoms with Crippen molar-refractivity contribution in [3.05, 3.63) is 71.8 Å². The Morgan fingerprint density at radius 1 is 1.12 bits per heavy atom. The van der Waals surface area contributed by atoms with Gasteiger partial charge in [0.2, 0.25) is 17.8 Å². The monoisotopic (exact) mass is 347 g/mol. The van der Waals surface area contributed by atoms with Gasteiger partial charge >= 0.3 is 0 Å². The molecule has 0 radical (unpaired) electrons. The summed E-state index contributed by atoms with van der Waals surface area (Å²) in [5, 5.41) is 9.79. The van der Waals surface area contributed by atoms with E-state index in [0.717, 1.165) is 11.1 Å². The van der Waals surface area contributed by atoms with Crippen LogP contribution in [-0.2, 0) is 16.0 Å². The quantitative estimate of drug-likeness (QED) is 0.758. The van der Waals surface area contributed by atoms with Gasteiger partial charge in [-0.1, -0.05) is 60.7 Å². The molecule has 0 fully saturated rings. The van der Waals surface area contributed by atoms with Crippen LogP contribution in [0.15, 0.2) is 60.7 Å². The van der Waals surface area contributed by atoms with Crippen molar-refractivity contribution in [2.45, 2.75) is 18.9 Å². The molecule has 130 valence electrons. The van der Waals surface area contributed by atoms with Crippen molar-refractivity contribution in [2.75, 3.05) is 10.6 Å². The SMILES string of the molecule is O=C(Cc1ccccc1)Nc1nc2n(n1)[C@@H](c1ccccc1)CC(=O)N2. The lowest BCUT2D eigenvalue weighted by molar-refractivity contribution is -0.117. The molecule has 0 saturated heterocycles. The summed E-state index contributed by atoms with van der Waals surface area (Å²) in [5.41, 5.74) is 1.88. The largest absolute Gasteiger partial charge is 0.295 e. The number of nitrogens with zero attached hydrogens (tertiary/aromatic N) is 3. The van der Waals surface area contributed by atoms with E-state index in [1.165, 1.54) is 0 Å².